The fourth-order valence-corrected chi connectivity index (χ4v) is 4.91. The number of carbonyl (C=O) groups is 1. The highest BCUT2D eigenvalue weighted by Crippen LogP contribution is 2.42. The molecule has 0 spiro atoms. The normalized spacial score (nSPS) is 19.1. The Balaban J connectivity index is 2.04. The predicted molar refractivity (Wildman–Crippen MR) is 105 cm³/mol. The molecule has 0 saturated carbocycles. The molecule has 0 aliphatic carbocycles. The molecule has 2 aromatic rings. The number of halogens is 1. The number of thiophene rings is 1. The monoisotopic (exact) mass is 439 g/mol. The van der Waals surface area contributed by atoms with E-state index in [1.807, 2.05) is 18.2 Å². The van der Waals surface area contributed by atoms with Crippen molar-refractivity contribution in [3.05, 3.63) is 44.6 Å². The molecule has 1 aromatic heterocycles. The van der Waals surface area contributed by atoms with Crippen molar-refractivity contribution in [1.29, 1.82) is 0 Å². The van der Waals surface area contributed by atoms with Gasteiger partial charge in [0.05, 0.1) is 26.2 Å². The summed E-state index contributed by atoms with van der Waals surface area (Å²) in [7, 11) is 3.24. The van der Waals surface area contributed by atoms with Gasteiger partial charge in [0.25, 0.3) is 0 Å². The van der Waals surface area contributed by atoms with Crippen LogP contribution < -0.4 is 9.47 Å². The summed E-state index contributed by atoms with van der Waals surface area (Å²) in [4.78, 5) is 15.0. The zero-order chi connectivity index (χ0) is 18.7. The van der Waals surface area contributed by atoms with E-state index >= 15 is 0 Å². The van der Waals surface area contributed by atoms with Crippen LogP contribution in [0.5, 0.6) is 11.5 Å². The van der Waals surface area contributed by atoms with Crippen molar-refractivity contribution in [2.75, 3.05) is 27.3 Å². The van der Waals surface area contributed by atoms with E-state index in [-0.39, 0.29) is 12.0 Å². The maximum Gasteiger partial charge on any atom is 0.307 e. The maximum atomic E-state index is 11.5. The molecular formula is C19H22BrNO4S. The number of hydrogen-bond acceptors (Lipinski definition) is 5. The van der Waals surface area contributed by atoms with Crippen molar-refractivity contribution in [3.8, 4) is 11.5 Å². The Morgan fingerprint density at radius 3 is 2.69 bits per heavy atom. The number of nitrogens with zero attached hydrogens (tertiary/aromatic N) is 1. The first kappa shape index (κ1) is 19.2. The molecule has 0 bridgehead atoms. The summed E-state index contributed by atoms with van der Waals surface area (Å²) in [5, 5.41) is 11.5. The second kappa shape index (κ2) is 8.41. The molecule has 1 aliphatic heterocycles. The summed E-state index contributed by atoms with van der Waals surface area (Å²) in [5.41, 5.74) is 1.05. The van der Waals surface area contributed by atoms with E-state index < -0.39 is 5.97 Å². The van der Waals surface area contributed by atoms with Gasteiger partial charge in [-0.25, -0.2) is 0 Å². The molecule has 140 valence electrons. The van der Waals surface area contributed by atoms with Crippen LogP contribution in [0.4, 0.5) is 0 Å². The Morgan fingerprint density at radius 2 is 2.08 bits per heavy atom. The Kier molecular flexibility index (Phi) is 6.21. The maximum absolute atomic E-state index is 11.5. The van der Waals surface area contributed by atoms with E-state index in [1.165, 1.54) is 4.88 Å². The van der Waals surface area contributed by atoms with Gasteiger partial charge >= 0.3 is 5.97 Å². The summed E-state index contributed by atoms with van der Waals surface area (Å²) in [6, 6.07) is 8.00. The van der Waals surface area contributed by atoms with Crippen molar-refractivity contribution in [3.63, 3.8) is 0 Å². The molecule has 1 aromatic carbocycles. The standard InChI is InChI=1S/C19H22BrNO4S/c1-24-15-9-13(14(20)10-16(15)25-2)18(17-6-4-8-26-17)21-7-3-5-12(11-21)19(22)23/h4,6,8-10,12,18H,3,5,7,11H2,1-2H3,(H,22,23). The first-order valence-electron chi connectivity index (χ1n) is 8.46. The van der Waals surface area contributed by atoms with Gasteiger partial charge in [-0.1, -0.05) is 22.0 Å². The highest BCUT2D eigenvalue weighted by Gasteiger charge is 2.33. The number of carboxylic acid groups (broad SMARTS) is 1. The summed E-state index contributed by atoms with van der Waals surface area (Å²) in [6.07, 6.45) is 1.61. The van der Waals surface area contributed by atoms with Gasteiger partial charge < -0.3 is 14.6 Å². The molecule has 1 saturated heterocycles. The van der Waals surface area contributed by atoms with Crippen LogP contribution in [0.3, 0.4) is 0 Å². The van der Waals surface area contributed by atoms with Crippen molar-refractivity contribution >= 4 is 33.2 Å². The zero-order valence-electron chi connectivity index (χ0n) is 14.8. The largest absolute Gasteiger partial charge is 0.493 e. The molecule has 1 N–H and O–H groups in total. The molecule has 1 aliphatic rings. The van der Waals surface area contributed by atoms with Crippen molar-refractivity contribution in [2.45, 2.75) is 18.9 Å². The van der Waals surface area contributed by atoms with Gasteiger partial charge in [0.2, 0.25) is 0 Å². The van der Waals surface area contributed by atoms with Crippen molar-refractivity contribution in [1.82, 2.24) is 4.90 Å². The fraction of sp³-hybridized carbons (Fsp3) is 0.421. The van der Waals surface area contributed by atoms with Crippen LogP contribution in [0.1, 0.15) is 29.3 Å². The van der Waals surface area contributed by atoms with Gasteiger partial charge in [-0.3, -0.25) is 9.69 Å². The number of benzene rings is 1. The molecule has 0 radical (unpaired) electrons. The van der Waals surface area contributed by atoms with Crippen LogP contribution >= 0.6 is 27.3 Å². The van der Waals surface area contributed by atoms with Crippen molar-refractivity contribution < 1.29 is 19.4 Å². The third-order valence-corrected chi connectivity index (χ3v) is 6.39. The number of carboxylic acids is 1. The minimum Gasteiger partial charge on any atom is -0.493 e. The molecule has 2 heterocycles. The summed E-state index contributed by atoms with van der Waals surface area (Å²) in [6.45, 7) is 1.41. The van der Waals surface area contributed by atoms with Gasteiger partial charge in [-0.15, -0.1) is 11.3 Å². The number of piperidine rings is 1. The Bertz CT molecular complexity index is 765. The number of rotatable bonds is 6. The van der Waals surface area contributed by atoms with Crippen LogP contribution in [-0.4, -0.2) is 43.3 Å². The number of likely N-dealkylation sites (tertiary alicyclic amines) is 1. The number of aliphatic carboxylic acids is 1. The van der Waals surface area contributed by atoms with Gasteiger partial charge in [0.1, 0.15) is 0 Å². The Morgan fingerprint density at radius 1 is 1.35 bits per heavy atom. The third-order valence-electron chi connectivity index (χ3n) is 4.78. The smallest absolute Gasteiger partial charge is 0.307 e. The van der Waals surface area contributed by atoms with Gasteiger partial charge in [-0.2, -0.15) is 0 Å². The first-order valence-corrected chi connectivity index (χ1v) is 10.1. The van der Waals surface area contributed by atoms with Crippen LogP contribution in [0.25, 0.3) is 0 Å². The van der Waals surface area contributed by atoms with Gasteiger partial charge in [-0.05, 0) is 48.5 Å². The Hall–Kier alpha value is -1.57. The number of methoxy groups -OCH3 is 2. The van der Waals surface area contributed by atoms with E-state index in [0.29, 0.717) is 18.0 Å². The fourth-order valence-electron chi connectivity index (χ4n) is 3.50. The number of hydrogen-bond donors (Lipinski definition) is 1. The average molecular weight is 440 g/mol. The quantitative estimate of drug-likeness (QED) is 0.721. The van der Waals surface area contributed by atoms with Crippen LogP contribution in [0.2, 0.25) is 0 Å². The van der Waals surface area contributed by atoms with E-state index in [0.717, 1.165) is 29.4 Å². The summed E-state index contributed by atoms with van der Waals surface area (Å²) in [5.74, 6) is 0.283. The molecule has 1 fully saturated rings. The first-order chi connectivity index (χ1) is 12.5. The van der Waals surface area contributed by atoms with Gasteiger partial charge in [0.15, 0.2) is 11.5 Å². The lowest BCUT2D eigenvalue weighted by Crippen LogP contribution is -2.41. The summed E-state index contributed by atoms with van der Waals surface area (Å²) < 4.78 is 11.8. The van der Waals surface area contributed by atoms with E-state index in [1.54, 1.807) is 25.6 Å². The van der Waals surface area contributed by atoms with E-state index in [2.05, 4.69) is 32.3 Å². The third kappa shape index (κ3) is 3.89. The van der Waals surface area contributed by atoms with Crippen LogP contribution in [-0.2, 0) is 4.79 Å². The van der Waals surface area contributed by atoms with Gasteiger partial charge in [0, 0.05) is 15.9 Å². The Labute approximate surface area is 165 Å². The highest BCUT2D eigenvalue weighted by atomic mass is 79.9. The number of ether oxygens (including phenoxy) is 2. The molecule has 3 rings (SSSR count). The second-order valence-corrected chi connectivity index (χ2v) is 8.15. The predicted octanol–water partition coefficient (Wildman–Crippen LogP) is 4.41. The zero-order valence-corrected chi connectivity index (χ0v) is 17.2. The highest BCUT2D eigenvalue weighted by molar-refractivity contribution is 9.10. The molecule has 2 atom stereocenters. The van der Waals surface area contributed by atoms with Crippen LogP contribution in [0.15, 0.2) is 34.1 Å². The SMILES string of the molecule is COc1cc(Br)c(C(c2cccs2)N2CCCC(C(=O)O)C2)cc1OC. The minimum atomic E-state index is -0.717. The average Bonchev–Trinajstić information content (AvgIpc) is 3.17. The topological polar surface area (TPSA) is 59.0 Å². The molecule has 0 amide bonds. The second-order valence-electron chi connectivity index (χ2n) is 6.32. The van der Waals surface area contributed by atoms with E-state index in [9.17, 15) is 9.90 Å². The van der Waals surface area contributed by atoms with Crippen molar-refractivity contribution in [2.24, 2.45) is 5.92 Å². The van der Waals surface area contributed by atoms with Crippen LogP contribution in [0, 0.1) is 5.92 Å². The molecule has 26 heavy (non-hydrogen) atoms. The molecule has 5 nitrogen and oxygen atoms in total. The molecule has 2 unspecified atom stereocenters. The summed E-state index contributed by atoms with van der Waals surface area (Å²) >= 11 is 5.35. The van der Waals surface area contributed by atoms with E-state index in [4.69, 9.17) is 9.47 Å². The minimum absolute atomic E-state index is 0.0219. The lowest BCUT2D eigenvalue weighted by Gasteiger charge is -2.37. The molecule has 7 heteroatoms. The lowest BCUT2D eigenvalue weighted by atomic mass is 9.94. The molecular weight excluding hydrogens is 418 g/mol. The lowest BCUT2D eigenvalue weighted by molar-refractivity contribution is -0.143.